The molecule has 9 nitrogen and oxygen atoms in total. The Morgan fingerprint density at radius 3 is 2.26 bits per heavy atom. The molecule has 2 rings (SSSR count). The fraction of sp³-hybridized carbons (Fsp3) is 0.320. The van der Waals surface area contributed by atoms with Gasteiger partial charge in [-0.25, -0.2) is 4.79 Å². The van der Waals surface area contributed by atoms with Crippen LogP contribution in [0.25, 0.3) is 0 Å². The van der Waals surface area contributed by atoms with Gasteiger partial charge in [0.15, 0.2) is 0 Å². The lowest BCUT2D eigenvalue weighted by Crippen LogP contribution is -2.52. The minimum Gasteiger partial charge on any atom is -0.508 e. The van der Waals surface area contributed by atoms with E-state index in [0.717, 1.165) is 10.5 Å². The minimum absolute atomic E-state index is 0.0415. The van der Waals surface area contributed by atoms with Crippen LogP contribution in [-0.2, 0) is 14.3 Å². The number of hydrogen-bond acceptors (Lipinski definition) is 6. The number of aromatic hydroxyl groups is 1. The maximum Gasteiger partial charge on any atom is 0.408 e. The van der Waals surface area contributed by atoms with E-state index >= 15 is 0 Å². The van der Waals surface area contributed by atoms with Crippen LogP contribution >= 0.6 is 0 Å². The lowest BCUT2D eigenvalue weighted by Gasteiger charge is -2.30. The van der Waals surface area contributed by atoms with Crippen LogP contribution in [0.4, 0.5) is 10.5 Å². The summed E-state index contributed by atoms with van der Waals surface area (Å²) >= 11 is 0. The molecule has 0 spiro atoms. The second-order valence-electron chi connectivity index (χ2n) is 8.52. The molecule has 2 aromatic carbocycles. The fourth-order valence-corrected chi connectivity index (χ4v) is 3.06. The number of phenolic OH excluding ortho intramolecular Hbond substituents is 1. The van der Waals surface area contributed by atoms with Gasteiger partial charge in [0, 0.05) is 11.7 Å². The number of aryl methyl sites for hydroxylation is 1. The normalized spacial score (nSPS) is 12.6. The lowest BCUT2D eigenvalue weighted by molar-refractivity contribution is -0.137. The van der Waals surface area contributed by atoms with E-state index in [4.69, 9.17) is 11.2 Å². The molecule has 2 unspecified atom stereocenters. The summed E-state index contributed by atoms with van der Waals surface area (Å²) in [5, 5.41) is 24.5. The molecule has 0 heterocycles. The third kappa shape index (κ3) is 6.98. The van der Waals surface area contributed by atoms with Gasteiger partial charge in [-0.05, 0) is 57.0 Å². The Kier molecular flexibility index (Phi) is 8.64. The highest BCUT2D eigenvalue weighted by Crippen LogP contribution is 2.26. The number of rotatable bonds is 7. The number of nitrogens with zero attached hydrogens (tertiary/aromatic N) is 1. The SMILES string of the molecule is C#CN(C(=O)C(CO)NC(=O)OC(C)(C)C)C(C(=O)Nc1ccccc1C)c1ccc(O)cc1. The third-order valence-corrected chi connectivity index (χ3v) is 4.67. The summed E-state index contributed by atoms with van der Waals surface area (Å²) in [7, 11) is 0. The van der Waals surface area contributed by atoms with Crippen molar-refractivity contribution in [2.45, 2.75) is 45.4 Å². The van der Waals surface area contributed by atoms with Crippen LogP contribution in [0.2, 0.25) is 0 Å². The lowest BCUT2D eigenvalue weighted by atomic mass is 10.0. The van der Waals surface area contributed by atoms with Crippen molar-refractivity contribution in [1.29, 1.82) is 0 Å². The number of benzene rings is 2. The molecule has 2 aromatic rings. The van der Waals surface area contributed by atoms with E-state index in [1.54, 1.807) is 32.9 Å². The number of para-hydroxylation sites is 1. The molecule has 0 radical (unpaired) electrons. The Balaban J connectivity index is 2.40. The summed E-state index contributed by atoms with van der Waals surface area (Å²) in [5.41, 5.74) is 0.787. The highest BCUT2D eigenvalue weighted by Gasteiger charge is 2.36. The van der Waals surface area contributed by atoms with Crippen molar-refractivity contribution in [2.75, 3.05) is 11.9 Å². The number of alkyl carbamates (subject to hydrolysis) is 1. The van der Waals surface area contributed by atoms with Crippen LogP contribution < -0.4 is 10.6 Å². The highest BCUT2D eigenvalue weighted by molar-refractivity contribution is 6.00. The molecule has 2 atom stereocenters. The Hall–Kier alpha value is -4.03. The zero-order valence-corrected chi connectivity index (χ0v) is 19.5. The van der Waals surface area contributed by atoms with Crippen LogP contribution in [0, 0.1) is 19.4 Å². The number of ether oxygens (including phenoxy) is 1. The number of carbonyl (C=O) groups excluding carboxylic acids is 3. The molecule has 0 saturated heterocycles. The van der Waals surface area contributed by atoms with E-state index in [1.165, 1.54) is 24.3 Å². The van der Waals surface area contributed by atoms with E-state index < -0.39 is 42.2 Å². The molecule has 0 fully saturated rings. The number of aliphatic hydroxyl groups excluding tert-OH is 1. The number of phenols is 1. The molecular weight excluding hydrogens is 438 g/mol. The monoisotopic (exact) mass is 467 g/mol. The van der Waals surface area contributed by atoms with Gasteiger partial charge in [-0.3, -0.25) is 14.5 Å². The number of amides is 3. The average molecular weight is 468 g/mol. The maximum atomic E-state index is 13.3. The predicted octanol–water partition coefficient (Wildman–Crippen LogP) is 2.69. The van der Waals surface area contributed by atoms with Crippen LogP contribution in [0.5, 0.6) is 5.75 Å². The predicted molar refractivity (Wildman–Crippen MR) is 127 cm³/mol. The zero-order valence-electron chi connectivity index (χ0n) is 19.5. The number of aliphatic hydroxyl groups is 1. The zero-order chi connectivity index (χ0) is 25.5. The van der Waals surface area contributed by atoms with Crippen LogP contribution in [0.1, 0.15) is 37.9 Å². The molecule has 3 amide bonds. The van der Waals surface area contributed by atoms with Crippen molar-refractivity contribution in [3.63, 3.8) is 0 Å². The first kappa shape index (κ1) is 26.2. The molecule has 0 aliphatic heterocycles. The van der Waals surface area contributed by atoms with Crippen molar-refractivity contribution < 1.29 is 29.3 Å². The Bertz CT molecular complexity index is 1070. The molecule has 4 N–H and O–H groups in total. The topological polar surface area (TPSA) is 128 Å². The maximum absolute atomic E-state index is 13.3. The molecule has 180 valence electrons. The summed E-state index contributed by atoms with van der Waals surface area (Å²) in [4.78, 5) is 39.5. The number of anilines is 1. The number of carbonyl (C=O) groups is 3. The fourth-order valence-electron chi connectivity index (χ4n) is 3.06. The van der Waals surface area contributed by atoms with Gasteiger partial charge >= 0.3 is 6.09 Å². The summed E-state index contributed by atoms with van der Waals surface area (Å²) in [6, 6.07) is 12.1. The minimum atomic E-state index is -1.46. The Labute approximate surface area is 198 Å². The molecule has 0 aliphatic carbocycles. The Morgan fingerprint density at radius 2 is 1.74 bits per heavy atom. The molecule has 0 aromatic heterocycles. The van der Waals surface area contributed by atoms with Gasteiger partial charge < -0.3 is 25.6 Å². The summed E-state index contributed by atoms with van der Waals surface area (Å²) < 4.78 is 5.14. The van der Waals surface area contributed by atoms with Gasteiger partial charge in [-0.15, -0.1) is 0 Å². The summed E-state index contributed by atoms with van der Waals surface area (Å²) in [6.07, 6.45) is 4.70. The summed E-state index contributed by atoms with van der Waals surface area (Å²) in [5.74, 6) is -1.56. The van der Waals surface area contributed by atoms with E-state index in [1.807, 2.05) is 19.1 Å². The number of hydrogen-bond donors (Lipinski definition) is 4. The molecule has 9 heteroatoms. The number of terminal acetylenes is 1. The molecule has 0 bridgehead atoms. The molecule has 0 aliphatic rings. The quantitative estimate of drug-likeness (QED) is 0.366. The van der Waals surface area contributed by atoms with Crippen LogP contribution in [0.15, 0.2) is 48.5 Å². The van der Waals surface area contributed by atoms with E-state index in [2.05, 4.69) is 16.7 Å². The van der Waals surface area contributed by atoms with Crippen LogP contribution in [0.3, 0.4) is 0 Å². The standard InChI is InChI=1S/C25H29N3O6/c1-6-28(23(32)20(15-29)27-24(33)34-25(3,4)5)21(17-11-13-18(30)14-12-17)22(31)26-19-10-8-7-9-16(19)2/h1,7-14,20-21,29-30H,15H2,2-5H3,(H,26,31)(H,27,33). The third-order valence-electron chi connectivity index (χ3n) is 4.67. The van der Waals surface area contributed by atoms with E-state index in [-0.39, 0.29) is 5.75 Å². The van der Waals surface area contributed by atoms with E-state index in [9.17, 15) is 24.6 Å². The van der Waals surface area contributed by atoms with Gasteiger partial charge in [0.25, 0.3) is 11.8 Å². The van der Waals surface area contributed by atoms with Crippen molar-refractivity contribution in [3.8, 4) is 18.2 Å². The van der Waals surface area contributed by atoms with Gasteiger partial charge in [-0.2, -0.15) is 0 Å². The van der Waals surface area contributed by atoms with Gasteiger partial charge in [0.1, 0.15) is 23.4 Å². The Morgan fingerprint density at radius 1 is 1.12 bits per heavy atom. The van der Waals surface area contributed by atoms with Crippen molar-refractivity contribution in [3.05, 3.63) is 59.7 Å². The molecule has 34 heavy (non-hydrogen) atoms. The molecular formula is C25H29N3O6. The van der Waals surface area contributed by atoms with Crippen LogP contribution in [-0.4, -0.2) is 51.3 Å². The smallest absolute Gasteiger partial charge is 0.408 e. The first-order valence-electron chi connectivity index (χ1n) is 10.5. The van der Waals surface area contributed by atoms with E-state index in [0.29, 0.717) is 11.3 Å². The van der Waals surface area contributed by atoms with Gasteiger partial charge in [0.2, 0.25) is 0 Å². The van der Waals surface area contributed by atoms with Crippen molar-refractivity contribution in [2.24, 2.45) is 0 Å². The van der Waals surface area contributed by atoms with Gasteiger partial charge in [-0.1, -0.05) is 36.8 Å². The second kappa shape index (κ2) is 11.2. The van der Waals surface area contributed by atoms with Crippen molar-refractivity contribution >= 4 is 23.6 Å². The second-order valence-corrected chi connectivity index (χ2v) is 8.52. The molecule has 0 saturated carbocycles. The average Bonchev–Trinajstić information content (AvgIpc) is 2.76. The number of nitrogens with one attached hydrogen (secondary N) is 2. The largest absolute Gasteiger partial charge is 0.508 e. The first-order chi connectivity index (χ1) is 16.0. The first-order valence-corrected chi connectivity index (χ1v) is 10.5. The summed E-state index contributed by atoms with van der Waals surface area (Å²) in [6.45, 7) is 5.96. The highest BCUT2D eigenvalue weighted by atomic mass is 16.6. The van der Waals surface area contributed by atoms with Crippen molar-refractivity contribution in [1.82, 2.24) is 10.2 Å². The van der Waals surface area contributed by atoms with Gasteiger partial charge in [0.05, 0.1) is 6.61 Å².